The zero-order valence-electron chi connectivity index (χ0n) is 13.5. The van der Waals surface area contributed by atoms with Crippen molar-refractivity contribution in [3.63, 3.8) is 0 Å². The van der Waals surface area contributed by atoms with Crippen molar-refractivity contribution in [3.05, 3.63) is 29.8 Å². The average Bonchev–Trinajstić information content (AvgIpc) is 2.56. The van der Waals surface area contributed by atoms with E-state index < -0.39 is 10.0 Å². The Bertz CT molecular complexity index is 625. The topological polar surface area (TPSA) is 87.3 Å². The number of anilines is 1. The van der Waals surface area contributed by atoms with Crippen LogP contribution in [0, 0.1) is 5.92 Å². The van der Waals surface area contributed by atoms with E-state index in [9.17, 15) is 13.2 Å². The molecule has 1 fully saturated rings. The SMILES string of the molecule is CCS(=O)(=O)Nc1ccccc1C(=O)NCCC1CCCNC1. The van der Waals surface area contributed by atoms with Gasteiger partial charge in [0.15, 0.2) is 0 Å². The number of carbonyl (C=O) groups excluding carboxylic acids is 1. The van der Waals surface area contributed by atoms with Crippen LogP contribution in [-0.4, -0.2) is 39.7 Å². The minimum atomic E-state index is -3.40. The summed E-state index contributed by atoms with van der Waals surface area (Å²) in [4.78, 5) is 12.3. The number of para-hydroxylation sites is 1. The van der Waals surface area contributed by atoms with Crippen LogP contribution in [-0.2, 0) is 10.0 Å². The third-order valence-electron chi connectivity index (χ3n) is 4.05. The summed E-state index contributed by atoms with van der Waals surface area (Å²) in [6.07, 6.45) is 3.30. The van der Waals surface area contributed by atoms with Crippen LogP contribution in [0.1, 0.15) is 36.5 Å². The number of nitrogens with one attached hydrogen (secondary N) is 3. The molecule has 1 aliphatic rings. The number of carbonyl (C=O) groups is 1. The molecule has 1 aliphatic heterocycles. The van der Waals surface area contributed by atoms with Crippen molar-refractivity contribution in [2.75, 3.05) is 30.1 Å². The first-order chi connectivity index (χ1) is 11.0. The zero-order chi connectivity index (χ0) is 16.7. The molecule has 128 valence electrons. The highest BCUT2D eigenvalue weighted by Gasteiger charge is 2.16. The van der Waals surface area contributed by atoms with Crippen LogP contribution in [0.15, 0.2) is 24.3 Å². The number of rotatable bonds is 7. The van der Waals surface area contributed by atoms with Gasteiger partial charge in [-0.15, -0.1) is 0 Å². The average molecular weight is 339 g/mol. The van der Waals surface area contributed by atoms with E-state index in [1.165, 1.54) is 12.8 Å². The Hall–Kier alpha value is -1.60. The Morgan fingerprint density at radius 3 is 2.83 bits per heavy atom. The Kier molecular flexibility index (Phi) is 6.41. The van der Waals surface area contributed by atoms with Gasteiger partial charge >= 0.3 is 0 Å². The van der Waals surface area contributed by atoms with Gasteiger partial charge in [-0.25, -0.2) is 8.42 Å². The van der Waals surface area contributed by atoms with Gasteiger partial charge in [0.2, 0.25) is 10.0 Å². The number of benzene rings is 1. The molecule has 1 atom stereocenters. The van der Waals surface area contributed by atoms with E-state index in [1.807, 2.05) is 0 Å². The fourth-order valence-electron chi connectivity index (χ4n) is 2.67. The predicted octanol–water partition coefficient (Wildman–Crippen LogP) is 1.57. The first-order valence-electron chi connectivity index (χ1n) is 8.10. The molecular formula is C16H25N3O3S. The summed E-state index contributed by atoms with van der Waals surface area (Å²) in [5.41, 5.74) is 0.678. The summed E-state index contributed by atoms with van der Waals surface area (Å²) in [5.74, 6) is 0.318. The van der Waals surface area contributed by atoms with Gasteiger partial charge in [0.25, 0.3) is 5.91 Å². The maximum absolute atomic E-state index is 12.3. The molecule has 1 unspecified atom stereocenters. The van der Waals surface area contributed by atoms with Crippen molar-refractivity contribution < 1.29 is 13.2 Å². The lowest BCUT2D eigenvalue weighted by Crippen LogP contribution is -2.33. The molecule has 0 spiro atoms. The van der Waals surface area contributed by atoms with Gasteiger partial charge in [0.1, 0.15) is 0 Å². The van der Waals surface area contributed by atoms with Crippen LogP contribution in [0.2, 0.25) is 0 Å². The van der Waals surface area contributed by atoms with Crippen LogP contribution in [0.25, 0.3) is 0 Å². The lowest BCUT2D eigenvalue weighted by Gasteiger charge is -2.22. The quantitative estimate of drug-likeness (QED) is 0.704. The molecule has 1 aromatic carbocycles. The lowest BCUT2D eigenvalue weighted by molar-refractivity contribution is 0.0951. The molecule has 1 amide bonds. The Morgan fingerprint density at radius 2 is 2.13 bits per heavy atom. The Morgan fingerprint density at radius 1 is 1.35 bits per heavy atom. The fourth-order valence-corrected chi connectivity index (χ4v) is 3.32. The van der Waals surface area contributed by atoms with Crippen LogP contribution < -0.4 is 15.4 Å². The van der Waals surface area contributed by atoms with Gasteiger partial charge in [-0.1, -0.05) is 12.1 Å². The number of sulfonamides is 1. The highest BCUT2D eigenvalue weighted by atomic mass is 32.2. The van der Waals surface area contributed by atoms with E-state index in [4.69, 9.17) is 0 Å². The third kappa shape index (κ3) is 5.51. The van der Waals surface area contributed by atoms with Gasteiger partial charge in [0.05, 0.1) is 17.0 Å². The summed E-state index contributed by atoms with van der Waals surface area (Å²) < 4.78 is 25.9. The largest absolute Gasteiger partial charge is 0.352 e. The van der Waals surface area contributed by atoms with Crippen LogP contribution in [0.3, 0.4) is 0 Å². The minimum absolute atomic E-state index is 0.0301. The smallest absolute Gasteiger partial charge is 0.253 e. The number of hydrogen-bond acceptors (Lipinski definition) is 4. The highest BCUT2D eigenvalue weighted by Crippen LogP contribution is 2.17. The van der Waals surface area contributed by atoms with E-state index in [0.717, 1.165) is 19.5 Å². The van der Waals surface area contributed by atoms with Crippen molar-refractivity contribution >= 4 is 21.6 Å². The summed E-state index contributed by atoms with van der Waals surface area (Å²) in [5, 5.41) is 6.25. The van der Waals surface area contributed by atoms with Gasteiger partial charge in [-0.3, -0.25) is 9.52 Å². The molecule has 1 heterocycles. The van der Waals surface area contributed by atoms with E-state index in [2.05, 4.69) is 15.4 Å². The predicted molar refractivity (Wildman–Crippen MR) is 92.1 cm³/mol. The van der Waals surface area contributed by atoms with Gasteiger partial charge < -0.3 is 10.6 Å². The van der Waals surface area contributed by atoms with Crippen molar-refractivity contribution in [2.45, 2.75) is 26.2 Å². The van der Waals surface area contributed by atoms with Gasteiger partial charge in [-0.05, 0) is 57.3 Å². The Labute approximate surface area is 138 Å². The monoisotopic (exact) mass is 339 g/mol. The van der Waals surface area contributed by atoms with Gasteiger partial charge in [-0.2, -0.15) is 0 Å². The number of hydrogen-bond donors (Lipinski definition) is 3. The van der Waals surface area contributed by atoms with Crippen molar-refractivity contribution in [1.82, 2.24) is 10.6 Å². The molecule has 0 bridgehead atoms. The van der Waals surface area contributed by atoms with Gasteiger partial charge in [0, 0.05) is 6.54 Å². The molecule has 0 saturated carbocycles. The molecule has 0 aliphatic carbocycles. The van der Waals surface area contributed by atoms with E-state index in [1.54, 1.807) is 31.2 Å². The van der Waals surface area contributed by atoms with E-state index >= 15 is 0 Å². The summed E-state index contributed by atoms with van der Waals surface area (Å²) in [7, 11) is -3.40. The summed E-state index contributed by atoms with van der Waals surface area (Å²) >= 11 is 0. The minimum Gasteiger partial charge on any atom is -0.352 e. The van der Waals surface area contributed by atoms with Crippen LogP contribution >= 0.6 is 0 Å². The first-order valence-corrected chi connectivity index (χ1v) is 9.75. The number of piperidine rings is 1. The fraction of sp³-hybridized carbons (Fsp3) is 0.562. The molecule has 6 nitrogen and oxygen atoms in total. The van der Waals surface area contributed by atoms with E-state index in [-0.39, 0.29) is 11.7 Å². The molecule has 2 rings (SSSR count). The van der Waals surface area contributed by atoms with Crippen LogP contribution in [0.5, 0.6) is 0 Å². The van der Waals surface area contributed by atoms with Crippen molar-refractivity contribution in [2.24, 2.45) is 5.92 Å². The number of amides is 1. The second-order valence-electron chi connectivity index (χ2n) is 5.81. The molecule has 1 saturated heterocycles. The normalized spacial score (nSPS) is 18.4. The third-order valence-corrected chi connectivity index (χ3v) is 5.35. The molecule has 7 heteroatoms. The van der Waals surface area contributed by atoms with Crippen molar-refractivity contribution in [1.29, 1.82) is 0 Å². The second-order valence-corrected chi connectivity index (χ2v) is 7.82. The molecule has 23 heavy (non-hydrogen) atoms. The molecular weight excluding hydrogens is 314 g/mol. The molecule has 0 aromatic heterocycles. The maximum atomic E-state index is 12.3. The standard InChI is InChI=1S/C16H25N3O3S/c1-2-23(21,22)19-15-8-4-3-7-14(15)16(20)18-11-9-13-6-5-10-17-12-13/h3-4,7-8,13,17,19H,2,5-6,9-12H2,1H3,(H,18,20). The first kappa shape index (κ1) is 17.7. The van der Waals surface area contributed by atoms with Crippen LogP contribution in [0.4, 0.5) is 5.69 Å². The lowest BCUT2D eigenvalue weighted by atomic mass is 9.96. The maximum Gasteiger partial charge on any atom is 0.253 e. The summed E-state index contributed by atoms with van der Waals surface area (Å²) in [6.45, 7) is 4.24. The van der Waals surface area contributed by atoms with E-state index in [0.29, 0.717) is 23.7 Å². The Balaban J connectivity index is 1.93. The molecule has 3 N–H and O–H groups in total. The summed E-state index contributed by atoms with van der Waals surface area (Å²) in [6, 6.07) is 6.67. The van der Waals surface area contributed by atoms with Crippen molar-refractivity contribution in [3.8, 4) is 0 Å². The second kappa shape index (κ2) is 8.31. The molecule has 0 radical (unpaired) electrons. The molecule has 1 aromatic rings. The highest BCUT2D eigenvalue weighted by molar-refractivity contribution is 7.92. The zero-order valence-corrected chi connectivity index (χ0v) is 14.3.